The predicted molar refractivity (Wildman–Crippen MR) is 120 cm³/mol. The van der Waals surface area contributed by atoms with Gasteiger partial charge in [0.05, 0.1) is 0 Å². The van der Waals surface area contributed by atoms with Gasteiger partial charge in [0.15, 0.2) is 0 Å². The Morgan fingerprint density at radius 1 is 0.607 bits per heavy atom. The molecule has 2 aliphatic carbocycles. The molecule has 0 saturated carbocycles. The maximum Gasteiger partial charge on any atom is 0.0137 e. The molecule has 0 heterocycles. The fraction of sp³-hybridized carbons (Fsp3) is 0.214. The Labute approximate surface area is 167 Å². The summed E-state index contributed by atoms with van der Waals surface area (Å²) in [5.74, 6) is 0.895. The van der Waals surface area contributed by atoms with Crippen molar-refractivity contribution in [3.63, 3.8) is 0 Å². The average molecular weight is 363 g/mol. The smallest absolute Gasteiger partial charge is 0.0137 e. The Morgan fingerprint density at radius 2 is 1.21 bits per heavy atom. The van der Waals surface area contributed by atoms with E-state index in [0.717, 1.165) is 0 Å². The van der Waals surface area contributed by atoms with E-state index in [1.807, 2.05) is 0 Å². The third kappa shape index (κ3) is 2.37. The molecule has 1 atom stereocenters. The topological polar surface area (TPSA) is 0 Å². The molecule has 0 spiro atoms. The maximum absolute atomic E-state index is 2.54. The van der Waals surface area contributed by atoms with E-state index in [1.54, 1.807) is 0 Å². The van der Waals surface area contributed by atoms with E-state index in [1.165, 1.54) is 55.3 Å². The highest BCUT2D eigenvalue weighted by atomic mass is 14.4. The molecule has 1 unspecified atom stereocenters. The van der Waals surface area contributed by atoms with Crippen molar-refractivity contribution >= 4 is 16.3 Å². The van der Waals surface area contributed by atoms with E-state index in [2.05, 4.69) is 101 Å². The lowest BCUT2D eigenvalue weighted by Crippen LogP contribution is -2.11. The summed E-state index contributed by atoms with van der Waals surface area (Å²) in [6, 6.07) is 24.4. The molecule has 0 bridgehead atoms. The third-order valence-electron chi connectivity index (χ3n) is 7.07. The monoisotopic (exact) mass is 362 g/mol. The van der Waals surface area contributed by atoms with Crippen LogP contribution in [0.5, 0.6) is 0 Å². The molecule has 5 rings (SSSR count). The Kier molecular flexibility index (Phi) is 3.91. The molecule has 0 nitrogen and oxygen atoms in total. The van der Waals surface area contributed by atoms with Crippen LogP contribution >= 0.6 is 0 Å². The summed E-state index contributed by atoms with van der Waals surface area (Å²) in [5.41, 5.74) is 11.6. The van der Waals surface area contributed by atoms with Gasteiger partial charge in [-0.1, -0.05) is 84.0 Å². The zero-order valence-corrected chi connectivity index (χ0v) is 17.1. The highest BCUT2D eigenvalue weighted by molar-refractivity contribution is 5.99. The van der Waals surface area contributed by atoms with Gasteiger partial charge in [0.2, 0.25) is 0 Å². The van der Waals surface area contributed by atoms with Crippen molar-refractivity contribution in [3.8, 4) is 0 Å². The number of rotatable bonds is 2. The first-order chi connectivity index (χ1) is 13.6. The molecule has 0 saturated heterocycles. The second kappa shape index (κ2) is 6.34. The molecule has 2 aliphatic rings. The van der Waals surface area contributed by atoms with Gasteiger partial charge in [-0.15, -0.1) is 0 Å². The first-order valence-electron chi connectivity index (χ1n) is 10.2. The van der Waals surface area contributed by atoms with Gasteiger partial charge in [0.25, 0.3) is 0 Å². The van der Waals surface area contributed by atoms with Crippen LogP contribution in [-0.2, 0) is 0 Å². The molecule has 3 aromatic carbocycles. The summed E-state index contributed by atoms with van der Waals surface area (Å²) in [7, 11) is 0. The minimum atomic E-state index is 0.414. The minimum Gasteiger partial charge on any atom is -0.0676 e. The van der Waals surface area contributed by atoms with E-state index in [9.17, 15) is 0 Å². The standard InChI is InChI=1S/C28H26/c1-17-18(2)20(4)28(19(17)3)27-16-26(24-13-7-8-14-25(24)27)23-15-9-11-21-10-5-6-12-22(21)23/h5-16,27-28H,1-4H3. The molecule has 28 heavy (non-hydrogen) atoms. The molecule has 0 fully saturated rings. The fourth-order valence-electron chi connectivity index (χ4n) is 5.28. The minimum absolute atomic E-state index is 0.414. The van der Waals surface area contributed by atoms with Crippen molar-refractivity contribution < 1.29 is 0 Å². The predicted octanol–water partition coefficient (Wildman–Crippen LogP) is 7.67. The van der Waals surface area contributed by atoms with Crippen LogP contribution in [-0.4, -0.2) is 0 Å². The normalized spacial score (nSPS) is 19.6. The van der Waals surface area contributed by atoms with Crippen molar-refractivity contribution in [1.29, 1.82) is 0 Å². The van der Waals surface area contributed by atoms with Crippen LogP contribution < -0.4 is 0 Å². The van der Waals surface area contributed by atoms with Crippen molar-refractivity contribution in [2.45, 2.75) is 33.6 Å². The summed E-state index contributed by atoms with van der Waals surface area (Å²) in [6.45, 7) is 9.22. The Balaban J connectivity index is 1.73. The first-order valence-corrected chi connectivity index (χ1v) is 10.2. The van der Waals surface area contributed by atoms with Gasteiger partial charge in [-0.2, -0.15) is 0 Å². The lowest BCUT2D eigenvalue weighted by Gasteiger charge is -2.23. The van der Waals surface area contributed by atoms with Gasteiger partial charge in [0, 0.05) is 11.8 Å². The molecule has 0 N–H and O–H groups in total. The Bertz CT molecular complexity index is 1170. The van der Waals surface area contributed by atoms with Crippen molar-refractivity contribution in [1.82, 2.24) is 0 Å². The van der Waals surface area contributed by atoms with E-state index < -0.39 is 0 Å². The van der Waals surface area contributed by atoms with Crippen LogP contribution in [0.1, 0.15) is 50.3 Å². The summed E-state index contributed by atoms with van der Waals surface area (Å²) < 4.78 is 0. The summed E-state index contributed by atoms with van der Waals surface area (Å²) in [5, 5.41) is 2.64. The SMILES string of the molecule is CC1=C(C)C(C2C=C(c3cccc4ccccc34)c3ccccc32)C(C)=C1C. The molecule has 138 valence electrons. The van der Waals surface area contributed by atoms with Gasteiger partial charge in [0.1, 0.15) is 0 Å². The highest BCUT2D eigenvalue weighted by Gasteiger charge is 2.36. The van der Waals surface area contributed by atoms with Crippen LogP contribution in [0.3, 0.4) is 0 Å². The van der Waals surface area contributed by atoms with Crippen LogP contribution in [0.2, 0.25) is 0 Å². The maximum atomic E-state index is 2.54. The average Bonchev–Trinajstić information content (AvgIpc) is 3.19. The molecule has 0 aliphatic heterocycles. The zero-order chi connectivity index (χ0) is 19.4. The van der Waals surface area contributed by atoms with Crippen molar-refractivity contribution in [3.05, 3.63) is 112 Å². The lowest BCUT2D eigenvalue weighted by molar-refractivity contribution is 0.648. The molecule has 0 heteroatoms. The van der Waals surface area contributed by atoms with Crippen LogP contribution in [0.15, 0.2) is 95.1 Å². The lowest BCUT2D eigenvalue weighted by atomic mass is 9.81. The molecule has 3 aromatic rings. The second-order valence-electron chi connectivity index (χ2n) is 8.31. The van der Waals surface area contributed by atoms with Crippen LogP contribution in [0, 0.1) is 5.92 Å². The number of benzene rings is 3. The number of hydrogen-bond donors (Lipinski definition) is 0. The largest absolute Gasteiger partial charge is 0.0676 e. The molecular weight excluding hydrogens is 336 g/mol. The fourth-order valence-corrected chi connectivity index (χ4v) is 5.28. The summed E-state index contributed by atoms with van der Waals surface area (Å²) >= 11 is 0. The molecule has 0 aromatic heterocycles. The number of fused-ring (bicyclic) bond motifs is 2. The quantitative estimate of drug-likeness (QED) is 0.439. The van der Waals surface area contributed by atoms with Crippen molar-refractivity contribution in [2.75, 3.05) is 0 Å². The molecule has 0 amide bonds. The van der Waals surface area contributed by atoms with Gasteiger partial charge >= 0.3 is 0 Å². The number of hydrogen-bond acceptors (Lipinski definition) is 0. The van der Waals surface area contributed by atoms with E-state index in [0.29, 0.717) is 11.8 Å². The van der Waals surface area contributed by atoms with Crippen LogP contribution in [0.4, 0.5) is 0 Å². The Hall–Kier alpha value is -2.86. The van der Waals surface area contributed by atoms with Gasteiger partial charge in [-0.3, -0.25) is 0 Å². The van der Waals surface area contributed by atoms with Gasteiger partial charge in [-0.05, 0) is 71.9 Å². The van der Waals surface area contributed by atoms with Gasteiger partial charge < -0.3 is 0 Å². The van der Waals surface area contributed by atoms with E-state index >= 15 is 0 Å². The number of allylic oxidation sites excluding steroid dienone is 5. The van der Waals surface area contributed by atoms with Crippen LogP contribution in [0.25, 0.3) is 16.3 Å². The van der Waals surface area contributed by atoms with E-state index in [-0.39, 0.29) is 0 Å². The summed E-state index contributed by atoms with van der Waals surface area (Å²) in [4.78, 5) is 0. The summed E-state index contributed by atoms with van der Waals surface area (Å²) in [6.07, 6.45) is 2.54. The first kappa shape index (κ1) is 17.3. The molecule has 0 radical (unpaired) electrons. The Morgan fingerprint density at radius 3 is 2.00 bits per heavy atom. The second-order valence-corrected chi connectivity index (χ2v) is 8.31. The zero-order valence-electron chi connectivity index (χ0n) is 17.1. The molecular formula is C28H26. The van der Waals surface area contributed by atoms with Gasteiger partial charge in [-0.25, -0.2) is 0 Å². The third-order valence-corrected chi connectivity index (χ3v) is 7.07. The van der Waals surface area contributed by atoms with Crippen molar-refractivity contribution in [2.24, 2.45) is 5.92 Å². The van der Waals surface area contributed by atoms with E-state index in [4.69, 9.17) is 0 Å². The highest BCUT2D eigenvalue weighted by Crippen LogP contribution is 2.51.